The molecule has 0 unspecified atom stereocenters. The Morgan fingerprint density at radius 2 is 1.97 bits per heavy atom. The Balaban J connectivity index is 1.93. The van der Waals surface area contributed by atoms with Crippen LogP contribution < -0.4 is 15.0 Å². The third-order valence-corrected chi connectivity index (χ3v) is 5.02. The lowest BCUT2D eigenvalue weighted by atomic mass is 10.1. The SMILES string of the molecule is Cc1cc(-c2cc(NS(C)(=O)=O)cnc2Oc2ccc(F)cc2F)n2cc[nH]c(=O)c12. The molecule has 1 aromatic carbocycles. The first-order valence-electron chi connectivity index (χ1n) is 8.93. The third kappa shape index (κ3) is 4.12. The number of halogens is 2. The van der Waals surface area contributed by atoms with Crippen LogP contribution in [0.5, 0.6) is 11.6 Å². The maximum atomic E-state index is 14.1. The molecule has 0 saturated heterocycles. The summed E-state index contributed by atoms with van der Waals surface area (Å²) in [6.07, 6.45) is 5.25. The highest BCUT2D eigenvalue weighted by Crippen LogP contribution is 2.36. The molecule has 0 spiro atoms. The molecule has 0 saturated carbocycles. The second kappa shape index (κ2) is 7.51. The minimum absolute atomic E-state index is 0.0655. The zero-order chi connectivity index (χ0) is 22.3. The quantitative estimate of drug-likeness (QED) is 0.489. The molecule has 11 heteroatoms. The van der Waals surface area contributed by atoms with Crippen LogP contribution in [0.4, 0.5) is 14.5 Å². The van der Waals surface area contributed by atoms with E-state index in [1.54, 1.807) is 23.6 Å². The summed E-state index contributed by atoms with van der Waals surface area (Å²) in [4.78, 5) is 19.0. The van der Waals surface area contributed by atoms with Gasteiger partial charge >= 0.3 is 0 Å². The fraction of sp³-hybridized carbons (Fsp3) is 0.100. The van der Waals surface area contributed by atoms with Crippen LogP contribution in [0.25, 0.3) is 16.8 Å². The number of fused-ring (bicyclic) bond motifs is 1. The highest BCUT2D eigenvalue weighted by atomic mass is 32.2. The smallest absolute Gasteiger partial charge is 0.272 e. The van der Waals surface area contributed by atoms with E-state index in [1.807, 2.05) is 0 Å². The molecule has 4 rings (SSSR count). The van der Waals surface area contributed by atoms with Gasteiger partial charge in [0, 0.05) is 18.5 Å². The van der Waals surface area contributed by atoms with Crippen LogP contribution in [0.1, 0.15) is 5.56 Å². The topological polar surface area (TPSA) is 106 Å². The molecule has 0 aliphatic carbocycles. The summed E-state index contributed by atoms with van der Waals surface area (Å²) in [7, 11) is -3.60. The van der Waals surface area contributed by atoms with E-state index in [0.29, 0.717) is 22.8 Å². The van der Waals surface area contributed by atoms with Crippen LogP contribution in [0.2, 0.25) is 0 Å². The molecule has 0 atom stereocenters. The molecule has 0 aliphatic heterocycles. The molecule has 0 radical (unpaired) electrons. The van der Waals surface area contributed by atoms with E-state index in [9.17, 15) is 22.0 Å². The van der Waals surface area contributed by atoms with Gasteiger partial charge in [0.05, 0.1) is 29.4 Å². The van der Waals surface area contributed by atoms with Crippen molar-refractivity contribution in [2.75, 3.05) is 11.0 Å². The van der Waals surface area contributed by atoms with Crippen LogP contribution in [0.15, 0.2) is 53.7 Å². The van der Waals surface area contributed by atoms with Crippen molar-refractivity contribution in [1.29, 1.82) is 0 Å². The largest absolute Gasteiger partial charge is 0.435 e. The van der Waals surface area contributed by atoms with Crippen molar-refractivity contribution in [3.05, 3.63) is 76.5 Å². The number of aromatic amines is 1. The predicted octanol–water partition coefficient (Wildman–Crippen LogP) is 3.44. The average Bonchev–Trinajstić information content (AvgIpc) is 3.01. The number of aryl methyl sites for hydroxylation is 1. The second-order valence-corrected chi connectivity index (χ2v) is 8.60. The van der Waals surface area contributed by atoms with Crippen molar-refractivity contribution in [2.45, 2.75) is 6.92 Å². The van der Waals surface area contributed by atoms with Crippen molar-refractivity contribution in [3.63, 3.8) is 0 Å². The molecule has 160 valence electrons. The standard InChI is InChI=1S/C20H16F2N4O4S/c1-11-7-16(26-6-5-23-19(27)18(11)26)14-9-13(25-31(2,28)29)10-24-20(14)30-17-4-3-12(21)8-15(17)22/h3-10,25H,1-2H3,(H,23,27). The van der Waals surface area contributed by atoms with Crippen molar-refractivity contribution < 1.29 is 21.9 Å². The number of pyridine rings is 1. The molecule has 2 N–H and O–H groups in total. The summed E-state index contributed by atoms with van der Waals surface area (Å²) in [5.41, 5.74) is 1.58. The lowest BCUT2D eigenvalue weighted by Crippen LogP contribution is -2.10. The lowest BCUT2D eigenvalue weighted by molar-refractivity contribution is 0.425. The number of ether oxygens (including phenoxy) is 1. The van der Waals surface area contributed by atoms with E-state index in [2.05, 4.69) is 14.7 Å². The monoisotopic (exact) mass is 446 g/mol. The van der Waals surface area contributed by atoms with Gasteiger partial charge in [-0.3, -0.25) is 9.52 Å². The van der Waals surface area contributed by atoms with E-state index in [0.717, 1.165) is 18.4 Å². The summed E-state index contributed by atoms with van der Waals surface area (Å²) in [5, 5.41) is 0. The summed E-state index contributed by atoms with van der Waals surface area (Å²) >= 11 is 0. The molecule has 8 nitrogen and oxygen atoms in total. The van der Waals surface area contributed by atoms with E-state index in [4.69, 9.17) is 4.74 Å². The highest BCUT2D eigenvalue weighted by molar-refractivity contribution is 7.92. The molecule has 4 aromatic rings. The Kier molecular flexibility index (Phi) is 4.97. The van der Waals surface area contributed by atoms with Crippen molar-refractivity contribution in [1.82, 2.24) is 14.4 Å². The van der Waals surface area contributed by atoms with E-state index < -0.39 is 21.7 Å². The molecule has 0 fully saturated rings. The Morgan fingerprint density at radius 1 is 1.19 bits per heavy atom. The number of nitrogens with zero attached hydrogens (tertiary/aromatic N) is 2. The van der Waals surface area contributed by atoms with Gasteiger partial charge in [-0.25, -0.2) is 22.2 Å². The maximum absolute atomic E-state index is 14.1. The zero-order valence-electron chi connectivity index (χ0n) is 16.3. The molecular weight excluding hydrogens is 430 g/mol. The fourth-order valence-corrected chi connectivity index (χ4v) is 3.75. The first-order valence-corrected chi connectivity index (χ1v) is 10.8. The normalized spacial score (nSPS) is 11.6. The molecule has 0 aliphatic rings. The lowest BCUT2D eigenvalue weighted by Gasteiger charge is -2.13. The van der Waals surface area contributed by atoms with E-state index >= 15 is 0 Å². The number of rotatable bonds is 5. The van der Waals surface area contributed by atoms with Gasteiger partial charge in [-0.05, 0) is 36.8 Å². The van der Waals surface area contributed by atoms with Gasteiger partial charge in [-0.2, -0.15) is 0 Å². The molecule has 31 heavy (non-hydrogen) atoms. The van der Waals surface area contributed by atoms with Crippen molar-refractivity contribution in [2.24, 2.45) is 0 Å². The minimum atomic E-state index is -3.60. The van der Waals surface area contributed by atoms with Gasteiger partial charge in [0.25, 0.3) is 5.56 Å². The number of aromatic nitrogens is 3. The predicted molar refractivity (Wildman–Crippen MR) is 111 cm³/mol. The Morgan fingerprint density at radius 3 is 2.68 bits per heavy atom. The number of hydrogen-bond acceptors (Lipinski definition) is 5. The van der Waals surface area contributed by atoms with Crippen LogP contribution in [0, 0.1) is 18.6 Å². The van der Waals surface area contributed by atoms with Crippen LogP contribution >= 0.6 is 0 Å². The van der Waals surface area contributed by atoms with Crippen LogP contribution in [0.3, 0.4) is 0 Å². The van der Waals surface area contributed by atoms with Crippen LogP contribution in [-0.2, 0) is 10.0 Å². The van der Waals surface area contributed by atoms with Gasteiger partial charge < -0.3 is 14.1 Å². The summed E-state index contributed by atoms with van der Waals surface area (Å²) in [6.45, 7) is 1.74. The number of hydrogen-bond donors (Lipinski definition) is 2. The Labute approximate surface area is 175 Å². The van der Waals surface area contributed by atoms with Crippen LogP contribution in [-0.4, -0.2) is 29.0 Å². The molecular formula is C20H16F2N4O4S. The van der Waals surface area contributed by atoms with Gasteiger partial charge in [0.15, 0.2) is 11.6 Å². The average molecular weight is 446 g/mol. The maximum Gasteiger partial charge on any atom is 0.272 e. The molecule has 0 amide bonds. The Bertz CT molecular complexity index is 1480. The van der Waals surface area contributed by atoms with E-state index in [-0.39, 0.29) is 28.4 Å². The van der Waals surface area contributed by atoms with Gasteiger partial charge in [-0.15, -0.1) is 0 Å². The minimum Gasteiger partial charge on any atom is -0.435 e. The number of anilines is 1. The number of sulfonamides is 1. The van der Waals surface area contributed by atoms with E-state index in [1.165, 1.54) is 18.5 Å². The first-order chi connectivity index (χ1) is 14.6. The molecule has 3 heterocycles. The number of H-pyrrole nitrogens is 1. The van der Waals surface area contributed by atoms with Gasteiger partial charge in [0.1, 0.15) is 11.3 Å². The molecule has 3 aromatic heterocycles. The number of nitrogens with one attached hydrogen (secondary N) is 2. The van der Waals surface area contributed by atoms with Gasteiger partial charge in [-0.1, -0.05) is 0 Å². The third-order valence-electron chi connectivity index (χ3n) is 4.41. The fourth-order valence-electron chi connectivity index (χ4n) is 3.21. The summed E-state index contributed by atoms with van der Waals surface area (Å²) in [6, 6.07) is 5.97. The van der Waals surface area contributed by atoms with Crippen molar-refractivity contribution in [3.8, 4) is 22.9 Å². The van der Waals surface area contributed by atoms with Gasteiger partial charge in [0.2, 0.25) is 15.9 Å². The first kappa shape index (κ1) is 20.5. The Hall–Kier alpha value is -3.73. The second-order valence-electron chi connectivity index (χ2n) is 6.85. The summed E-state index contributed by atoms with van der Waals surface area (Å²) in [5.74, 6) is -2.03. The summed E-state index contributed by atoms with van der Waals surface area (Å²) < 4.78 is 60.2. The number of benzene rings is 1. The zero-order valence-corrected chi connectivity index (χ0v) is 17.1. The highest BCUT2D eigenvalue weighted by Gasteiger charge is 2.19. The van der Waals surface area contributed by atoms with Crippen molar-refractivity contribution >= 4 is 21.2 Å². The molecule has 0 bridgehead atoms.